The largest absolute Gasteiger partial charge is 0.478 e. The molecule has 0 heterocycles. The van der Waals surface area contributed by atoms with E-state index in [1.54, 1.807) is 6.07 Å². The standard InChI is InChI=1S/C14H8BrClFNO3/c15-7-1-4-11(16)10(5-7)13(19)18-12-6-8(17)2-3-9(12)14(20)21/h1-6H,(H,18,19)(H,20,21). The van der Waals surface area contributed by atoms with E-state index in [-0.39, 0.29) is 21.8 Å². The molecule has 0 atom stereocenters. The van der Waals surface area contributed by atoms with Crippen LogP contribution >= 0.6 is 27.5 Å². The molecule has 0 saturated carbocycles. The molecule has 0 spiro atoms. The molecule has 0 aliphatic heterocycles. The van der Waals surface area contributed by atoms with Crippen molar-refractivity contribution in [3.05, 3.63) is 62.8 Å². The van der Waals surface area contributed by atoms with Crippen LogP contribution in [0.25, 0.3) is 0 Å². The van der Waals surface area contributed by atoms with Crippen LogP contribution in [0.1, 0.15) is 20.7 Å². The highest BCUT2D eigenvalue weighted by Crippen LogP contribution is 2.23. The summed E-state index contributed by atoms with van der Waals surface area (Å²) in [6.07, 6.45) is 0. The Labute approximate surface area is 132 Å². The minimum Gasteiger partial charge on any atom is -0.478 e. The molecule has 2 aromatic rings. The SMILES string of the molecule is O=C(Nc1cc(F)ccc1C(=O)O)c1cc(Br)ccc1Cl. The Bertz CT molecular complexity index is 736. The van der Waals surface area contributed by atoms with Gasteiger partial charge in [0.1, 0.15) is 5.82 Å². The van der Waals surface area contributed by atoms with Gasteiger partial charge in [0.2, 0.25) is 0 Å². The second-order valence-electron chi connectivity index (χ2n) is 4.07. The highest BCUT2D eigenvalue weighted by Gasteiger charge is 2.16. The molecule has 2 rings (SSSR count). The molecular formula is C14H8BrClFNO3. The van der Waals surface area contributed by atoms with E-state index < -0.39 is 17.7 Å². The van der Waals surface area contributed by atoms with E-state index in [2.05, 4.69) is 21.2 Å². The quantitative estimate of drug-likeness (QED) is 0.849. The Morgan fingerprint density at radius 2 is 1.86 bits per heavy atom. The Balaban J connectivity index is 2.38. The van der Waals surface area contributed by atoms with E-state index in [0.29, 0.717) is 4.47 Å². The van der Waals surface area contributed by atoms with Crippen LogP contribution in [-0.4, -0.2) is 17.0 Å². The molecule has 0 saturated heterocycles. The van der Waals surface area contributed by atoms with Crippen molar-refractivity contribution in [3.63, 3.8) is 0 Å². The minimum atomic E-state index is -1.27. The first-order chi connectivity index (χ1) is 9.88. The Morgan fingerprint density at radius 1 is 1.14 bits per heavy atom. The van der Waals surface area contributed by atoms with Crippen LogP contribution in [0.5, 0.6) is 0 Å². The zero-order valence-corrected chi connectivity index (χ0v) is 12.7. The van der Waals surface area contributed by atoms with E-state index in [1.165, 1.54) is 12.1 Å². The lowest BCUT2D eigenvalue weighted by Gasteiger charge is -2.10. The van der Waals surface area contributed by atoms with Crippen LogP contribution in [-0.2, 0) is 0 Å². The second-order valence-corrected chi connectivity index (χ2v) is 5.40. The molecule has 108 valence electrons. The molecule has 4 nitrogen and oxygen atoms in total. The van der Waals surface area contributed by atoms with Gasteiger partial charge < -0.3 is 10.4 Å². The summed E-state index contributed by atoms with van der Waals surface area (Å²) in [5.74, 6) is -2.56. The second kappa shape index (κ2) is 6.24. The maximum atomic E-state index is 13.2. The fourth-order valence-corrected chi connectivity index (χ4v) is 2.23. The number of hydrogen-bond donors (Lipinski definition) is 2. The number of rotatable bonds is 3. The maximum absolute atomic E-state index is 13.2. The summed E-state index contributed by atoms with van der Waals surface area (Å²) >= 11 is 9.13. The zero-order valence-electron chi connectivity index (χ0n) is 10.4. The highest BCUT2D eigenvalue weighted by molar-refractivity contribution is 9.10. The number of nitrogens with one attached hydrogen (secondary N) is 1. The first kappa shape index (κ1) is 15.5. The third-order valence-electron chi connectivity index (χ3n) is 2.63. The summed E-state index contributed by atoms with van der Waals surface area (Å²) in [4.78, 5) is 23.2. The van der Waals surface area contributed by atoms with Crippen molar-refractivity contribution in [2.75, 3.05) is 5.32 Å². The molecule has 0 radical (unpaired) electrons. The molecule has 0 aromatic heterocycles. The third-order valence-corrected chi connectivity index (χ3v) is 3.46. The van der Waals surface area contributed by atoms with Crippen LogP contribution in [0.15, 0.2) is 40.9 Å². The van der Waals surface area contributed by atoms with Gasteiger partial charge in [-0.2, -0.15) is 0 Å². The predicted molar refractivity (Wildman–Crippen MR) is 80.5 cm³/mol. The molecule has 7 heteroatoms. The molecule has 0 bridgehead atoms. The smallest absolute Gasteiger partial charge is 0.337 e. The zero-order chi connectivity index (χ0) is 15.6. The van der Waals surface area contributed by atoms with Gasteiger partial charge in [0.25, 0.3) is 5.91 Å². The van der Waals surface area contributed by atoms with Gasteiger partial charge in [0.05, 0.1) is 21.8 Å². The molecule has 0 fully saturated rings. The molecular weight excluding hydrogens is 365 g/mol. The molecule has 0 unspecified atom stereocenters. The van der Waals surface area contributed by atoms with Gasteiger partial charge in [-0.05, 0) is 36.4 Å². The number of hydrogen-bond acceptors (Lipinski definition) is 2. The lowest BCUT2D eigenvalue weighted by atomic mass is 10.1. The first-order valence-electron chi connectivity index (χ1n) is 5.67. The lowest BCUT2D eigenvalue weighted by molar-refractivity contribution is 0.0698. The van der Waals surface area contributed by atoms with Crippen LogP contribution in [0.4, 0.5) is 10.1 Å². The molecule has 21 heavy (non-hydrogen) atoms. The predicted octanol–water partition coefficient (Wildman–Crippen LogP) is 4.19. The van der Waals surface area contributed by atoms with Crippen molar-refractivity contribution >= 4 is 45.1 Å². The van der Waals surface area contributed by atoms with Crippen molar-refractivity contribution in [1.82, 2.24) is 0 Å². The number of carbonyl (C=O) groups is 2. The summed E-state index contributed by atoms with van der Waals surface area (Å²) in [6, 6.07) is 7.68. The minimum absolute atomic E-state index is 0.136. The van der Waals surface area contributed by atoms with E-state index in [0.717, 1.165) is 18.2 Å². The average molecular weight is 373 g/mol. The van der Waals surface area contributed by atoms with Crippen molar-refractivity contribution < 1.29 is 19.1 Å². The van der Waals surface area contributed by atoms with Crippen LogP contribution in [0.2, 0.25) is 5.02 Å². The normalized spacial score (nSPS) is 10.2. The van der Waals surface area contributed by atoms with Crippen molar-refractivity contribution in [2.24, 2.45) is 0 Å². The van der Waals surface area contributed by atoms with Gasteiger partial charge in [-0.25, -0.2) is 9.18 Å². The van der Waals surface area contributed by atoms with E-state index >= 15 is 0 Å². The Hall–Kier alpha value is -1.92. The third kappa shape index (κ3) is 3.59. The fraction of sp³-hybridized carbons (Fsp3) is 0. The lowest BCUT2D eigenvalue weighted by Crippen LogP contribution is -2.15. The molecule has 2 aromatic carbocycles. The number of carbonyl (C=O) groups excluding carboxylic acids is 1. The monoisotopic (exact) mass is 371 g/mol. The number of aromatic carboxylic acids is 1. The van der Waals surface area contributed by atoms with Gasteiger partial charge in [-0.1, -0.05) is 27.5 Å². The number of halogens is 3. The number of benzene rings is 2. The van der Waals surface area contributed by atoms with Gasteiger partial charge in [-0.3, -0.25) is 4.79 Å². The summed E-state index contributed by atoms with van der Waals surface area (Å²) < 4.78 is 13.9. The summed E-state index contributed by atoms with van der Waals surface area (Å²) in [6.45, 7) is 0. The number of carboxylic acid groups (broad SMARTS) is 1. The molecule has 1 amide bonds. The van der Waals surface area contributed by atoms with Crippen molar-refractivity contribution in [2.45, 2.75) is 0 Å². The van der Waals surface area contributed by atoms with Gasteiger partial charge in [0.15, 0.2) is 0 Å². The van der Waals surface area contributed by atoms with E-state index in [4.69, 9.17) is 16.7 Å². The summed E-state index contributed by atoms with van der Waals surface area (Å²) in [5, 5.41) is 11.6. The molecule has 0 aliphatic rings. The fourth-order valence-electron chi connectivity index (χ4n) is 1.67. The molecule has 0 aliphatic carbocycles. The van der Waals surface area contributed by atoms with Crippen LogP contribution in [0, 0.1) is 5.82 Å². The van der Waals surface area contributed by atoms with E-state index in [9.17, 15) is 14.0 Å². The number of amides is 1. The Morgan fingerprint density at radius 3 is 2.52 bits per heavy atom. The van der Waals surface area contributed by atoms with E-state index in [1.807, 2.05) is 0 Å². The number of carboxylic acids is 1. The van der Waals surface area contributed by atoms with Crippen molar-refractivity contribution in [1.29, 1.82) is 0 Å². The van der Waals surface area contributed by atoms with Crippen molar-refractivity contribution in [3.8, 4) is 0 Å². The summed E-state index contributed by atoms with van der Waals surface area (Å²) in [7, 11) is 0. The highest BCUT2D eigenvalue weighted by atomic mass is 79.9. The molecule has 2 N–H and O–H groups in total. The maximum Gasteiger partial charge on any atom is 0.337 e. The number of anilines is 1. The van der Waals surface area contributed by atoms with Gasteiger partial charge in [-0.15, -0.1) is 0 Å². The first-order valence-corrected chi connectivity index (χ1v) is 6.85. The van der Waals surface area contributed by atoms with Crippen LogP contribution in [0.3, 0.4) is 0 Å². The van der Waals surface area contributed by atoms with Gasteiger partial charge >= 0.3 is 5.97 Å². The van der Waals surface area contributed by atoms with Crippen LogP contribution < -0.4 is 5.32 Å². The van der Waals surface area contributed by atoms with Gasteiger partial charge in [0, 0.05) is 4.47 Å². The Kier molecular flexibility index (Phi) is 4.59. The summed E-state index contributed by atoms with van der Waals surface area (Å²) in [5.41, 5.74) is -0.203. The average Bonchev–Trinajstić information content (AvgIpc) is 2.41. The topological polar surface area (TPSA) is 66.4 Å².